The van der Waals surface area contributed by atoms with Crippen molar-refractivity contribution in [2.24, 2.45) is 11.8 Å². The van der Waals surface area contributed by atoms with E-state index in [9.17, 15) is 4.79 Å². The van der Waals surface area contributed by atoms with Crippen molar-refractivity contribution in [2.45, 2.75) is 26.2 Å². The van der Waals surface area contributed by atoms with Crippen LogP contribution in [0, 0.1) is 11.8 Å². The lowest BCUT2D eigenvalue weighted by Gasteiger charge is -2.28. The summed E-state index contributed by atoms with van der Waals surface area (Å²) in [5, 5.41) is 6.26. The third-order valence-electron chi connectivity index (χ3n) is 3.28. The Morgan fingerprint density at radius 2 is 2.44 bits per heavy atom. The van der Waals surface area contributed by atoms with Crippen molar-refractivity contribution in [3.63, 3.8) is 0 Å². The molecular weight excluding hydrogens is 204 g/mol. The van der Waals surface area contributed by atoms with Crippen LogP contribution in [-0.2, 0) is 9.53 Å². The lowest BCUT2D eigenvalue weighted by atomic mass is 9.85. The van der Waals surface area contributed by atoms with Gasteiger partial charge in [-0.1, -0.05) is 6.92 Å². The van der Waals surface area contributed by atoms with E-state index in [1.165, 1.54) is 12.8 Å². The SMILES string of the molecule is COCCNC(=O)CC(C)C1CCCNC1. The molecule has 0 aromatic rings. The van der Waals surface area contributed by atoms with Gasteiger partial charge in [0.25, 0.3) is 0 Å². The van der Waals surface area contributed by atoms with Gasteiger partial charge in [-0.3, -0.25) is 4.79 Å². The maximum atomic E-state index is 11.6. The van der Waals surface area contributed by atoms with Crippen molar-refractivity contribution in [1.29, 1.82) is 0 Å². The molecule has 1 saturated heterocycles. The number of rotatable bonds is 6. The van der Waals surface area contributed by atoms with Crippen LogP contribution in [0.15, 0.2) is 0 Å². The molecule has 0 spiro atoms. The van der Waals surface area contributed by atoms with E-state index in [2.05, 4.69) is 17.6 Å². The van der Waals surface area contributed by atoms with Gasteiger partial charge in [0, 0.05) is 20.1 Å². The molecule has 0 aromatic carbocycles. The third kappa shape index (κ3) is 4.94. The number of ether oxygens (including phenoxy) is 1. The predicted octanol–water partition coefficient (Wildman–Crippen LogP) is 0.775. The van der Waals surface area contributed by atoms with Crippen LogP contribution in [0.5, 0.6) is 0 Å². The summed E-state index contributed by atoms with van der Waals surface area (Å²) in [6.07, 6.45) is 3.12. The first-order chi connectivity index (χ1) is 7.74. The zero-order chi connectivity index (χ0) is 11.8. The van der Waals surface area contributed by atoms with Gasteiger partial charge in [-0.05, 0) is 37.8 Å². The van der Waals surface area contributed by atoms with Crippen molar-refractivity contribution >= 4 is 5.91 Å². The van der Waals surface area contributed by atoms with Gasteiger partial charge in [0.15, 0.2) is 0 Å². The van der Waals surface area contributed by atoms with E-state index in [1.54, 1.807) is 7.11 Å². The first kappa shape index (κ1) is 13.5. The minimum atomic E-state index is 0.148. The number of piperidine rings is 1. The summed E-state index contributed by atoms with van der Waals surface area (Å²) >= 11 is 0. The summed E-state index contributed by atoms with van der Waals surface area (Å²) in [5.41, 5.74) is 0. The Hall–Kier alpha value is -0.610. The second-order valence-corrected chi connectivity index (χ2v) is 4.63. The van der Waals surface area contributed by atoms with Crippen LogP contribution in [0.4, 0.5) is 0 Å². The first-order valence-electron chi connectivity index (χ1n) is 6.20. The molecule has 16 heavy (non-hydrogen) atoms. The quantitative estimate of drug-likeness (QED) is 0.660. The third-order valence-corrected chi connectivity index (χ3v) is 3.28. The molecule has 1 aliphatic heterocycles. The van der Waals surface area contributed by atoms with Crippen LogP contribution in [0.25, 0.3) is 0 Å². The highest BCUT2D eigenvalue weighted by Gasteiger charge is 2.21. The molecule has 1 aliphatic rings. The van der Waals surface area contributed by atoms with Crippen molar-refractivity contribution in [3.05, 3.63) is 0 Å². The lowest BCUT2D eigenvalue weighted by molar-refractivity contribution is -0.122. The molecule has 4 heteroatoms. The summed E-state index contributed by atoms with van der Waals surface area (Å²) in [7, 11) is 1.64. The average molecular weight is 228 g/mol. The Morgan fingerprint density at radius 1 is 1.62 bits per heavy atom. The maximum absolute atomic E-state index is 11.6. The molecule has 4 nitrogen and oxygen atoms in total. The van der Waals surface area contributed by atoms with Crippen LogP contribution in [0.3, 0.4) is 0 Å². The Bertz CT molecular complexity index is 203. The van der Waals surface area contributed by atoms with E-state index in [-0.39, 0.29) is 5.91 Å². The van der Waals surface area contributed by atoms with Crippen molar-refractivity contribution in [3.8, 4) is 0 Å². The molecular formula is C12H24N2O2. The van der Waals surface area contributed by atoms with Crippen molar-refractivity contribution in [1.82, 2.24) is 10.6 Å². The minimum absolute atomic E-state index is 0.148. The number of hydrogen-bond acceptors (Lipinski definition) is 3. The Kier molecular flexibility index (Phi) is 6.42. The summed E-state index contributed by atoms with van der Waals surface area (Å²) < 4.78 is 4.89. The van der Waals surface area contributed by atoms with Crippen molar-refractivity contribution in [2.75, 3.05) is 33.4 Å². The fraction of sp³-hybridized carbons (Fsp3) is 0.917. The van der Waals surface area contributed by atoms with Gasteiger partial charge in [0.2, 0.25) is 5.91 Å². The Labute approximate surface area is 98.1 Å². The van der Waals surface area contributed by atoms with Gasteiger partial charge < -0.3 is 15.4 Å². The van der Waals surface area contributed by atoms with Gasteiger partial charge in [-0.15, -0.1) is 0 Å². The van der Waals surface area contributed by atoms with Gasteiger partial charge in [-0.2, -0.15) is 0 Å². The zero-order valence-corrected chi connectivity index (χ0v) is 10.4. The first-order valence-corrected chi connectivity index (χ1v) is 6.20. The molecule has 94 valence electrons. The van der Waals surface area contributed by atoms with Gasteiger partial charge in [0.1, 0.15) is 0 Å². The zero-order valence-electron chi connectivity index (χ0n) is 10.4. The van der Waals surface area contributed by atoms with Crippen LogP contribution >= 0.6 is 0 Å². The average Bonchev–Trinajstić information content (AvgIpc) is 2.30. The summed E-state index contributed by atoms with van der Waals surface area (Å²) in [4.78, 5) is 11.6. The maximum Gasteiger partial charge on any atom is 0.220 e. The number of methoxy groups -OCH3 is 1. The van der Waals surface area contributed by atoms with Crippen LogP contribution in [0.1, 0.15) is 26.2 Å². The fourth-order valence-electron chi connectivity index (χ4n) is 2.19. The monoisotopic (exact) mass is 228 g/mol. The number of carbonyl (C=O) groups excluding carboxylic acids is 1. The molecule has 0 bridgehead atoms. The van der Waals surface area contributed by atoms with E-state index >= 15 is 0 Å². The normalized spacial score (nSPS) is 22.8. The van der Waals surface area contributed by atoms with Crippen LogP contribution in [0.2, 0.25) is 0 Å². The lowest BCUT2D eigenvalue weighted by Crippen LogP contribution is -2.36. The molecule has 2 atom stereocenters. The molecule has 0 aliphatic carbocycles. The van der Waals surface area contributed by atoms with E-state index in [0.717, 1.165) is 13.1 Å². The largest absolute Gasteiger partial charge is 0.383 e. The van der Waals surface area contributed by atoms with Gasteiger partial charge >= 0.3 is 0 Å². The molecule has 2 N–H and O–H groups in total. The number of amides is 1. The van der Waals surface area contributed by atoms with E-state index in [1.807, 2.05) is 0 Å². The molecule has 0 radical (unpaired) electrons. The number of carbonyl (C=O) groups is 1. The van der Waals surface area contributed by atoms with Crippen LogP contribution in [-0.4, -0.2) is 39.3 Å². The van der Waals surface area contributed by atoms with Gasteiger partial charge in [-0.25, -0.2) is 0 Å². The molecule has 1 rings (SSSR count). The highest BCUT2D eigenvalue weighted by molar-refractivity contribution is 5.76. The molecule has 1 fully saturated rings. The van der Waals surface area contributed by atoms with E-state index in [0.29, 0.717) is 31.4 Å². The molecule has 1 heterocycles. The van der Waals surface area contributed by atoms with Gasteiger partial charge in [0.05, 0.1) is 6.61 Å². The highest BCUT2D eigenvalue weighted by Crippen LogP contribution is 2.22. The number of hydrogen-bond donors (Lipinski definition) is 2. The molecule has 0 aromatic heterocycles. The highest BCUT2D eigenvalue weighted by atomic mass is 16.5. The Balaban J connectivity index is 2.16. The second kappa shape index (κ2) is 7.63. The number of nitrogens with one attached hydrogen (secondary N) is 2. The standard InChI is InChI=1S/C12H24N2O2/c1-10(11-4-3-5-13-9-11)8-12(15)14-6-7-16-2/h10-11,13H,3-9H2,1-2H3,(H,14,15). The van der Waals surface area contributed by atoms with Crippen LogP contribution < -0.4 is 10.6 Å². The molecule has 1 amide bonds. The fourth-order valence-corrected chi connectivity index (χ4v) is 2.19. The van der Waals surface area contributed by atoms with E-state index in [4.69, 9.17) is 4.74 Å². The Morgan fingerprint density at radius 3 is 3.06 bits per heavy atom. The minimum Gasteiger partial charge on any atom is -0.383 e. The molecule has 2 unspecified atom stereocenters. The predicted molar refractivity (Wildman–Crippen MR) is 64.3 cm³/mol. The topological polar surface area (TPSA) is 50.4 Å². The smallest absolute Gasteiger partial charge is 0.220 e. The van der Waals surface area contributed by atoms with Crippen molar-refractivity contribution < 1.29 is 9.53 Å². The summed E-state index contributed by atoms with van der Waals surface area (Å²) in [6, 6.07) is 0. The second-order valence-electron chi connectivity index (χ2n) is 4.63. The van der Waals surface area contributed by atoms with E-state index < -0.39 is 0 Å². The summed E-state index contributed by atoms with van der Waals surface area (Å²) in [5.74, 6) is 1.27. The molecule has 0 saturated carbocycles. The summed E-state index contributed by atoms with van der Waals surface area (Å²) in [6.45, 7) is 5.57.